The van der Waals surface area contributed by atoms with Crippen LogP contribution in [-0.2, 0) is 9.59 Å². The van der Waals surface area contributed by atoms with Crippen LogP contribution in [0, 0.1) is 6.92 Å². The highest BCUT2D eigenvalue weighted by Crippen LogP contribution is 2.43. The molecule has 154 valence electrons. The Hall–Kier alpha value is -3.54. The molecule has 0 spiro atoms. The van der Waals surface area contributed by atoms with Gasteiger partial charge in [0.25, 0.3) is 11.7 Å². The number of likely N-dealkylation sites (tertiary alicyclic amines) is 1. The summed E-state index contributed by atoms with van der Waals surface area (Å²) < 4.78 is 5.40. The minimum Gasteiger partial charge on any atom is -0.507 e. The Kier molecular flexibility index (Phi) is 5.08. The molecule has 4 rings (SSSR count). The molecule has 2 N–H and O–H groups in total. The molecule has 1 fully saturated rings. The molecular weight excluding hydrogens is 380 g/mol. The van der Waals surface area contributed by atoms with Crippen molar-refractivity contribution >= 4 is 28.4 Å². The van der Waals surface area contributed by atoms with Crippen LogP contribution in [0.3, 0.4) is 0 Å². The number of amides is 1. The molecule has 6 heteroatoms. The van der Waals surface area contributed by atoms with Gasteiger partial charge in [-0.3, -0.25) is 9.59 Å². The summed E-state index contributed by atoms with van der Waals surface area (Å²) in [6.45, 7) is 4.26. The topological polar surface area (TPSA) is 82.6 Å². The van der Waals surface area contributed by atoms with Crippen LogP contribution in [0.25, 0.3) is 16.7 Å². The number of hydrogen-bond acceptors (Lipinski definition) is 4. The van der Waals surface area contributed by atoms with Gasteiger partial charge in [0.2, 0.25) is 0 Å². The zero-order valence-electron chi connectivity index (χ0n) is 17.2. The number of hydrogen-bond donors (Lipinski definition) is 2. The molecule has 1 atom stereocenters. The van der Waals surface area contributed by atoms with Gasteiger partial charge in [0.1, 0.15) is 11.5 Å². The molecule has 0 bridgehead atoms. The first-order valence-corrected chi connectivity index (χ1v) is 9.97. The third-order valence-electron chi connectivity index (χ3n) is 5.53. The maximum absolute atomic E-state index is 13.1. The van der Waals surface area contributed by atoms with E-state index in [0.29, 0.717) is 24.3 Å². The average Bonchev–Trinajstić information content (AvgIpc) is 3.28. The number of rotatable bonds is 5. The second-order valence-corrected chi connectivity index (χ2v) is 7.49. The second kappa shape index (κ2) is 7.71. The number of aliphatic hydroxyl groups excluding tert-OH is 1. The van der Waals surface area contributed by atoms with Gasteiger partial charge in [-0.25, -0.2) is 0 Å². The number of carbonyl (C=O) groups is 2. The van der Waals surface area contributed by atoms with Crippen molar-refractivity contribution in [3.8, 4) is 5.75 Å². The highest BCUT2D eigenvalue weighted by atomic mass is 16.5. The molecule has 2 heterocycles. The van der Waals surface area contributed by atoms with Gasteiger partial charge >= 0.3 is 0 Å². The Labute approximate surface area is 174 Å². The molecule has 1 unspecified atom stereocenters. The Morgan fingerprint density at radius 1 is 1.20 bits per heavy atom. The first kappa shape index (κ1) is 19.8. The Bertz CT molecular complexity index is 1170. The number of benzene rings is 2. The number of aryl methyl sites for hydroxylation is 1. The van der Waals surface area contributed by atoms with Crippen molar-refractivity contribution in [2.45, 2.75) is 26.3 Å². The number of nitrogens with zero attached hydrogens (tertiary/aromatic N) is 1. The summed E-state index contributed by atoms with van der Waals surface area (Å²) in [5.74, 6) is -1.06. The number of Topliss-reactive ketones (excluding diaryl/α,β-unsaturated/α-hetero) is 1. The molecule has 0 aliphatic carbocycles. The van der Waals surface area contributed by atoms with Crippen LogP contribution in [0.1, 0.15) is 36.1 Å². The molecule has 1 aliphatic heterocycles. The summed E-state index contributed by atoms with van der Waals surface area (Å²) in [7, 11) is 1.51. The van der Waals surface area contributed by atoms with Gasteiger partial charge < -0.3 is 19.7 Å². The first-order chi connectivity index (χ1) is 14.5. The van der Waals surface area contributed by atoms with E-state index >= 15 is 0 Å². The number of methoxy groups -OCH3 is 1. The van der Waals surface area contributed by atoms with Crippen molar-refractivity contribution in [2.75, 3.05) is 13.7 Å². The molecule has 0 radical (unpaired) electrons. The third kappa shape index (κ3) is 3.05. The summed E-state index contributed by atoms with van der Waals surface area (Å²) in [6, 6.07) is 12.4. The monoisotopic (exact) mass is 404 g/mol. The molecule has 30 heavy (non-hydrogen) atoms. The summed E-state index contributed by atoms with van der Waals surface area (Å²) >= 11 is 0. The van der Waals surface area contributed by atoms with Crippen molar-refractivity contribution in [3.05, 3.63) is 70.9 Å². The SMILES string of the molecule is CCCN1C(=O)C(=O)/C(=C(/O)c2cc(C)ccc2OC)C1c1c[nH]c2ccccc12. The van der Waals surface area contributed by atoms with Crippen LogP contribution in [0.15, 0.2) is 54.2 Å². The number of aromatic amines is 1. The second-order valence-electron chi connectivity index (χ2n) is 7.49. The van der Waals surface area contributed by atoms with Gasteiger partial charge in [0, 0.05) is 29.2 Å². The number of aliphatic hydroxyl groups is 1. The lowest BCUT2D eigenvalue weighted by Gasteiger charge is -2.24. The van der Waals surface area contributed by atoms with E-state index in [1.165, 1.54) is 7.11 Å². The lowest BCUT2D eigenvalue weighted by Crippen LogP contribution is -2.30. The Morgan fingerprint density at radius 2 is 1.97 bits per heavy atom. The number of carbonyl (C=O) groups excluding carboxylic acids is 2. The van der Waals surface area contributed by atoms with E-state index in [4.69, 9.17) is 4.74 Å². The normalized spacial score (nSPS) is 18.4. The van der Waals surface area contributed by atoms with E-state index in [2.05, 4.69) is 4.98 Å². The summed E-state index contributed by atoms with van der Waals surface area (Å²) in [4.78, 5) is 30.7. The predicted molar refractivity (Wildman–Crippen MR) is 115 cm³/mol. The van der Waals surface area contributed by atoms with Gasteiger partial charge in [0.15, 0.2) is 0 Å². The van der Waals surface area contributed by atoms with Crippen LogP contribution in [0.5, 0.6) is 5.75 Å². The van der Waals surface area contributed by atoms with Crippen molar-refractivity contribution in [1.29, 1.82) is 0 Å². The molecule has 1 amide bonds. The zero-order valence-corrected chi connectivity index (χ0v) is 17.2. The van der Waals surface area contributed by atoms with Crippen LogP contribution in [-0.4, -0.2) is 40.3 Å². The van der Waals surface area contributed by atoms with E-state index < -0.39 is 17.7 Å². The summed E-state index contributed by atoms with van der Waals surface area (Å²) in [6.07, 6.45) is 2.50. The van der Waals surface area contributed by atoms with Crippen molar-refractivity contribution in [3.63, 3.8) is 0 Å². The smallest absolute Gasteiger partial charge is 0.295 e. The van der Waals surface area contributed by atoms with Gasteiger partial charge in [-0.1, -0.05) is 36.8 Å². The molecule has 6 nitrogen and oxygen atoms in total. The maximum atomic E-state index is 13.1. The summed E-state index contributed by atoms with van der Waals surface area (Å²) in [5, 5.41) is 12.2. The number of ketones is 1. The zero-order chi connectivity index (χ0) is 21.4. The van der Waals surface area contributed by atoms with Gasteiger partial charge in [0.05, 0.1) is 24.3 Å². The largest absolute Gasteiger partial charge is 0.507 e. The molecule has 1 saturated heterocycles. The van der Waals surface area contributed by atoms with E-state index in [0.717, 1.165) is 22.0 Å². The van der Waals surface area contributed by atoms with Crippen molar-refractivity contribution in [2.24, 2.45) is 0 Å². The number of para-hydroxylation sites is 1. The number of H-pyrrole nitrogens is 1. The maximum Gasteiger partial charge on any atom is 0.295 e. The Morgan fingerprint density at radius 3 is 2.70 bits per heavy atom. The molecule has 1 aromatic heterocycles. The number of ether oxygens (including phenoxy) is 1. The van der Waals surface area contributed by atoms with E-state index in [9.17, 15) is 14.7 Å². The highest BCUT2D eigenvalue weighted by molar-refractivity contribution is 6.46. The van der Waals surface area contributed by atoms with Crippen LogP contribution in [0.2, 0.25) is 0 Å². The predicted octanol–water partition coefficient (Wildman–Crippen LogP) is 4.32. The molecular formula is C24H24N2O4. The average molecular weight is 404 g/mol. The fraction of sp³-hybridized carbons (Fsp3) is 0.250. The Balaban J connectivity index is 1.99. The lowest BCUT2D eigenvalue weighted by molar-refractivity contribution is -0.139. The minimum absolute atomic E-state index is 0.0853. The van der Waals surface area contributed by atoms with E-state index in [-0.39, 0.29) is 11.3 Å². The fourth-order valence-corrected chi connectivity index (χ4v) is 4.15. The standard InChI is InChI=1S/C24H24N2O4/c1-4-11-26-21(17-13-25-18-8-6-5-7-15(17)18)20(23(28)24(26)29)22(27)16-12-14(2)9-10-19(16)30-3/h5-10,12-13,21,25,27H,4,11H2,1-3H3/b22-20+. The van der Waals surface area contributed by atoms with Gasteiger partial charge in [-0.05, 0) is 31.5 Å². The number of nitrogens with one attached hydrogen (secondary N) is 1. The van der Waals surface area contributed by atoms with Crippen LogP contribution in [0.4, 0.5) is 0 Å². The van der Waals surface area contributed by atoms with Gasteiger partial charge in [-0.2, -0.15) is 0 Å². The summed E-state index contributed by atoms with van der Waals surface area (Å²) in [5.41, 5.74) is 3.08. The molecule has 2 aromatic carbocycles. The minimum atomic E-state index is -0.681. The van der Waals surface area contributed by atoms with Crippen molar-refractivity contribution in [1.82, 2.24) is 9.88 Å². The third-order valence-corrected chi connectivity index (χ3v) is 5.53. The fourth-order valence-electron chi connectivity index (χ4n) is 4.15. The van der Waals surface area contributed by atoms with E-state index in [1.807, 2.05) is 50.4 Å². The lowest BCUT2D eigenvalue weighted by atomic mass is 9.94. The molecule has 3 aromatic rings. The van der Waals surface area contributed by atoms with Crippen molar-refractivity contribution < 1.29 is 19.4 Å². The number of aromatic nitrogens is 1. The molecule has 1 aliphatic rings. The quantitative estimate of drug-likeness (QED) is 0.377. The van der Waals surface area contributed by atoms with Crippen LogP contribution >= 0.6 is 0 Å². The number of fused-ring (bicyclic) bond motifs is 1. The highest BCUT2D eigenvalue weighted by Gasteiger charge is 2.46. The van der Waals surface area contributed by atoms with Gasteiger partial charge in [-0.15, -0.1) is 0 Å². The van der Waals surface area contributed by atoms with Crippen LogP contribution < -0.4 is 4.74 Å². The van der Waals surface area contributed by atoms with E-state index in [1.54, 1.807) is 17.0 Å². The molecule has 0 saturated carbocycles. The first-order valence-electron chi connectivity index (χ1n) is 9.97.